The van der Waals surface area contributed by atoms with Gasteiger partial charge in [-0.3, -0.25) is 0 Å². The van der Waals surface area contributed by atoms with Gasteiger partial charge in [-0.15, -0.1) is 0 Å². The minimum Gasteiger partial charge on any atom is -0.375 e. The van der Waals surface area contributed by atoms with Crippen LogP contribution in [-0.4, -0.2) is 24.4 Å². The molecule has 2 unspecified atom stereocenters. The zero-order valence-electron chi connectivity index (χ0n) is 6.59. The molecule has 2 heterocycles. The third-order valence-corrected chi connectivity index (χ3v) is 2.34. The average molecular weight is 142 g/mol. The molecule has 0 radical (unpaired) electrons. The second kappa shape index (κ2) is 1.95. The molecule has 2 heteroatoms. The van der Waals surface area contributed by atoms with Crippen molar-refractivity contribution in [3.8, 4) is 0 Å². The van der Waals surface area contributed by atoms with Gasteiger partial charge in [0.2, 0.25) is 0 Å². The van der Waals surface area contributed by atoms with Crippen LogP contribution < -0.4 is 0 Å². The van der Waals surface area contributed by atoms with Gasteiger partial charge in [-0.05, 0) is 13.8 Å². The van der Waals surface area contributed by atoms with Crippen LogP contribution in [0.5, 0.6) is 0 Å². The van der Waals surface area contributed by atoms with E-state index in [2.05, 4.69) is 13.8 Å². The van der Waals surface area contributed by atoms with Gasteiger partial charge < -0.3 is 9.47 Å². The first-order valence-corrected chi connectivity index (χ1v) is 4.00. The molecule has 0 N–H and O–H groups in total. The molecular weight excluding hydrogens is 128 g/mol. The fourth-order valence-electron chi connectivity index (χ4n) is 1.96. The van der Waals surface area contributed by atoms with Crippen LogP contribution in [-0.2, 0) is 9.47 Å². The van der Waals surface area contributed by atoms with Crippen molar-refractivity contribution < 1.29 is 9.47 Å². The predicted octanol–water partition coefficient (Wildman–Crippen LogP) is 1.34. The van der Waals surface area contributed by atoms with Gasteiger partial charge in [-0.25, -0.2) is 0 Å². The summed E-state index contributed by atoms with van der Waals surface area (Å²) in [6.45, 7) is 5.21. The van der Waals surface area contributed by atoms with Crippen molar-refractivity contribution in [2.24, 2.45) is 0 Å². The van der Waals surface area contributed by atoms with Crippen LogP contribution in [0, 0.1) is 0 Å². The van der Waals surface area contributed by atoms with Crippen molar-refractivity contribution in [3.05, 3.63) is 0 Å². The summed E-state index contributed by atoms with van der Waals surface area (Å²) in [7, 11) is 0. The highest BCUT2D eigenvalue weighted by Gasteiger charge is 2.49. The Balaban J connectivity index is 2.00. The molecule has 2 rings (SSSR count). The van der Waals surface area contributed by atoms with E-state index in [1.54, 1.807) is 0 Å². The molecule has 2 fully saturated rings. The van der Waals surface area contributed by atoms with E-state index in [4.69, 9.17) is 9.47 Å². The van der Waals surface area contributed by atoms with Crippen LogP contribution >= 0.6 is 0 Å². The van der Waals surface area contributed by atoms with Gasteiger partial charge >= 0.3 is 0 Å². The van der Waals surface area contributed by atoms with Crippen molar-refractivity contribution in [2.75, 3.05) is 6.61 Å². The lowest BCUT2D eigenvalue weighted by molar-refractivity contribution is -0.0602. The smallest absolute Gasteiger partial charge is 0.0965 e. The van der Waals surface area contributed by atoms with Crippen molar-refractivity contribution in [1.82, 2.24) is 0 Å². The number of hydrogen-bond acceptors (Lipinski definition) is 2. The van der Waals surface area contributed by atoms with Crippen molar-refractivity contribution >= 4 is 0 Å². The molecule has 2 nitrogen and oxygen atoms in total. The van der Waals surface area contributed by atoms with E-state index in [9.17, 15) is 0 Å². The van der Waals surface area contributed by atoms with Gasteiger partial charge in [-0.1, -0.05) is 0 Å². The van der Waals surface area contributed by atoms with Gasteiger partial charge in [0.25, 0.3) is 0 Å². The van der Waals surface area contributed by atoms with E-state index in [-0.39, 0.29) is 5.60 Å². The maximum atomic E-state index is 5.58. The van der Waals surface area contributed by atoms with E-state index in [0.29, 0.717) is 12.2 Å². The first-order chi connectivity index (χ1) is 4.70. The third-order valence-electron chi connectivity index (χ3n) is 2.34. The highest BCUT2D eigenvalue weighted by atomic mass is 16.6. The summed E-state index contributed by atoms with van der Waals surface area (Å²) in [5, 5.41) is 0. The van der Waals surface area contributed by atoms with Gasteiger partial charge in [0.05, 0.1) is 24.4 Å². The average Bonchev–Trinajstić information content (AvgIpc) is 2.44. The normalized spacial score (nSPS) is 53.4. The van der Waals surface area contributed by atoms with Crippen LogP contribution in [0.4, 0.5) is 0 Å². The van der Waals surface area contributed by atoms with Crippen molar-refractivity contribution in [2.45, 2.75) is 44.5 Å². The highest BCUT2D eigenvalue weighted by molar-refractivity contribution is 4.97. The maximum Gasteiger partial charge on any atom is 0.0965 e. The Morgan fingerprint density at radius 3 is 2.10 bits per heavy atom. The molecule has 0 aromatic carbocycles. The van der Waals surface area contributed by atoms with Crippen molar-refractivity contribution in [3.63, 3.8) is 0 Å². The van der Waals surface area contributed by atoms with Crippen LogP contribution in [0.1, 0.15) is 26.7 Å². The lowest BCUT2D eigenvalue weighted by Crippen LogP contribution is -2.34. The quantitative estimate of drug-likeness (QED) is 0.476. The number of epoxide rings is 1. The molecule has 0 aliphatic carbocycles. The lowest BCUT2D eigenvalue weighted by Gasteiger charge is -2.29. The number of hydrogen-bond donors (Lipinski definition) is 0. The Kier molecular flexibility index (Phi) is 1.29. The molecule has 3 atom stereocenters. The molecule has 58 valence electrons. The van der Waals surface area contributed by atoms with E-state index >= 15 is 0 Å². The zero-order chi connectivity index (χ0) is 7.19. The van der Waals surface area contributed by atoms with Crippen LogP contribution in [0.3, 0.4) is 0 Å². The van der Waals surface area contributed by atoms with E-state index in [0.717, 1.165) is 19.4 Å². The van der Waals surface area contributed by atoms with Gasteiger partial charge in [0.15, 0.2) is 0 Å². The molecule has 0 bridgehead atoms. The molecule has 1 spiro atoms. The Morgan fingerprint density at radius 1 is 1.20 bits per heavy atom. The monoisotopic (exact) mass is 142 g/mol. The Hall–Kier alpha value is -0.0800. The molecule has 2 saturated heterocycles. The van der Waals surface area contributed by atoms with Crippen LogP contribution in [0.2, 0.25) is 0 Å². The predicted molar refractivity (Wildman–Crippen MR) is 37.9 cm³/mol. The topological polar surface area (TPSA) is 21.8 Å². The summed E-state index contributed by atoms with van der Waals surface area (Å²) in [4.78, 5) is 0. The SMILES string of the molecule is CC1CC2(CO2)C[C@H](C)O1. The lowest BCUT2D eigenvalue weighted by atomic mass is 9.93. The molecule has 0 amide bonds. The largest absolute Gasteiger partial charge is 0.375 e. The van der Waals surface area contributed by atoms with Gasteiger partial charge in [0, 0.05) is 12.8 Å². The molecule has 0 aromatic heterocycles. The Bertz CT molecular complexity index is 128. The molecule has 10 heavy (non-hydrogen) atoms. The van der Waals surface area contributed by atoms with Gasteiger partial charge in [0.1, 0.15) is 0 Å². The molecule has 0 saturated carbocycles. The zero-order valence-corrected chi connectivity index (χ0v) is 6.59. The van der Waals surface area contributed by atoms with Crippen LogP contribution in [0.25, 0.3) is 0 Å². The fourth-order valence-corrected chi connectivity index (χ4v) is 1.96. The Labute approximate surface area is 61.5 Å². The summed E-state index contributed by atoms with van der Waals surface area (Å²) in [6.07, 6.45) is 2.98. The van der Waals surface area contributed by atoms with Crippen LogP contribution in [0.15, 0.2) is 0 Å². The Morgan fingerprint density at radius 2 is 1.70 bits per heavy atom. The maximum absolute atomic E-state index is 5.58. The van der Waals surface area contributed by atoms with Gasteiger partial charge in [-0.2, -0.15) is 0 Å². The summed E-state index contributed by atoms with van der Waals surface area (Å²) < 4.78 is 11.0. The van der Waals surface area contributed by atoms with E-state index in [1.165, 1.54) is 0 Å². The standard InChI is InChI=1S/C8H14O2/c1-6-3-8(5-9-8)4-7(2)10-6/h6-7H,3-5H2,1-2H3/t6-,7?,8?/m0/s1. The second-order valence-electron chi connectivity index (χ2n) is 3.64. The first kappa shape index (κ1) is 6.62. The molecule has 0 aromatic rings. The first-order valence-electron chi connectivity index (χ1n) is 4.00. The summed E-state index contributed by atoms with van der Waals surface area (Å²) >= 11 is 0. The summed E-state index contributed by atoms with van der Waals surface area (Å²) in [5.41, 5.74) is 0.247. The highest BCUT2D eigenvalue weighted by Crippen LogP contribution is 2.41. The van der Waals surface area contributed by atoms with Crippen molar-refractivity contribution in [1.29, 1.82) is 0 Å². The van der Waals surface area contributed by atoms with E-state index < -0.39 is 0 Å². The molecule has 2 aliphatic heterocycles. The second-order valence-corrected chi connectivity index (χ2v) is 3.64. The molecule has 2 aliphatic rings. The van der Waals surface area contributed by atoms with E-state index in [1.807, 2.05) is 0 Å². The minimum absolute atomic E-state index is 0.247. The third kappa shape index (κ3) is 1.06. The number of rotatable bonds is 0. The minimum atomic E-state index is 0.247. The fraction of sp³-hybridized carbons (Fsp3) is 1.00. The molecular formula is C8H14O2. The summed E-state index contributed by atoms with van der Waals surface area (Å²) in [6, 6.07) is 0. The number of ether oxygens (including phenoxy) is 2. The summed E-state index contributed by atoms with van der Waals surface area (Å²) in [5.74, 6) is 0.